The third-order valence-corrected chi connectivity index (χ3v) is 5.92. The number of thioether (sulfide) groups is 1. The van der Waals surface area contributed by atoms with E-state index in [1.807, 2.05) is 23.6 Å². The number of thiophene rings is 1. The summed E-state index contributed by atoms with van der Waals surface area (Å²) in [5.41, 5.74) is 7.11. The number of amides is 1. The minimum atomic E-state index is -0.489. The summed E-state index contributed by atoms with van der Waals surface area (Å²) < 4.78 is 14.8. The Morgan fingerprint density at radius 2 is 1.86 bits per heavy atom. The maximum Gasteiger partial charge on any atom is 0.268 e. The fourth-order valence-corrected chi connectivity index (χ4v) is 4.59. The summed E-state index contributed by atoms with van der Waals surface area (Å²) in [4.78, 5) is 29.9. The number of para-hydroxylation sites is 1. The topological polar surface area (TPSA) is 78.0 Å². The molecule has 140 valence electrons. The number of nitrogens with zero attached hydrogens (tertiary/aromatic N) is 2. The fourth-order valence-electron chi connectivity index (χ4n) is 2.85. The minimum Gasteiger partial charge on any atom is -0.369 e. The van der Waals surface area contributed by atoms with Crippen LogP contribution in [0.15, 0.2) is 69.9 Å². The Kier molecular flexibility index (Phi) is 4.97. The number of carbonyl (C=O) groups is 1. The molecule has 4 rings (SSSR count). The Morgan fingerprint density at radius 3 is 2.54 bits per heavy atom. The number of carbonyl (C=O) groups excluding carboxylic acids is 1. The largest absolute Gasteiger partial charge is 0.369 e. The lowest BCUT2D eigenvalue weighted by Crippen LogP contribution is -2.22. The van der Waals surface area contributed by atoms with Gasteiger partial charge in [0.25, 0.3) is 5.56 Å². The highest BCUT2D eigenvalue weighted by atomic mass is 32.2. The Labute approximate surface area is 167 Å². The molecule has 0 spiro atoms. The van der Waals surface area contributed by atoms with Crippen molar-refractivity contribution in [2.75, 3.05) is 5.75 Å². The minimum absolute atomic E-state index is 0.0149. The molecular formula is C20H14FN3O2S2. The lowest BCUT2D eigenvalue weighted by Gasteiger charge is -2.12. The molecule has 8 heteroatoms. The summed E-state index contributed by atoms with van der Waals surface area (Å²) in [6.45, 7) is 0. The highest BCUT2D eigenvalue weighted by Gasteiger charge is 2.19. The average Bonchev–Trinajstić information content (AvgIpc) is 3.12. The van der Waals surface area contributed by atoms with Gasteiger partial charge in [0, 0.05) is 10.9 Å². The number of benzene rings is 2. The number of primary amides is 1. The van der Waals surface area contributed by atoms with E-state index in [9.17, 15) is 14.0 Å². The van der Waals surface area contributed by atoms with Gasteiger partial charge in [0.15, 0.2) is 5.16 Å². The SMILES string of the molecule is NC(=O)CSc1nc2scc(-c3ccc(F)cc3)c2c(=O)n1-c1ccccc1. The highest BCUT2D eigenvalue weighted by molar-refractivity contribution is 7.99. The first-order chi connectivity index (χ1) is 13.5. The molecular weight excluding hydrogens is 397 g/mol. The van der Waals surface area contributed by atoms with E-state index in [1.165, 1.54) is 28.0 Å². The van der Waals surface area contributed by atoms with Crippen molar-refractivity contribution in [2.24, 2.45) is 5.73 Å². The molecule has 0 aliphatic rings. The van der Waals surface area contributed by atoms with Crippen LogP contribution in [0.25, 0.3) is 27.0 Å². The van der Waals surface area contributed by atoms with Gasteiger partial charge in [-0.25, -0.2) is 9.37 Å². The van der Waals surface area contributed by atoms with Crippen molar-refractivity contribution < 1.29 is 9.18 Å². The monoisotopic (exact) mass is 411 g/mol. The van der Waals surface area contributed by atoms with Crippen LogP contribution in [0.2, 0.25) is 0 Å². The quantitative estimate of drug-likeness (QED) is 0.400. The number of halogens is 1. The predicted octanol–water partition coefficient (Wildman–Crippen LogP) is 3.83. The van der Waals surface area contributed by atoms with Crippen molar-refractivity contribution in [1.82, 2.24) is 9.55 Å². The van der Waals surface area contributed by atoms with Crippen molar-refractivity contribution in [3.63, 3.8) is 0 Å². The van der Waals surface area contributed by atoms with Crippen LogP contribution in [-0.2, 0) is 4.79 Å². The van der Waals surface area contributed by atoms with Gasteiger partial charge >= 0.3 is 0 Å². The highest BCUT2D eigenvalue weighted by Crippen LogP contribution is 2.33. The van der Waals surface area contributed by atoms with E-state index in [4.69, 9.17) is 5.73 Å². The van der Waals surface area contributed by atoms with Crippen LogP contribution in [0.3, 0.4) is 0 Å². The lowest BCUT2D eigenvalue weighted by atomic mass is 10.1. The third-order valence-electron chi connectivity index (χ3n) is 4.09. The standard InChI is InChI=1S/C20H14FN3O2S2/c21-13-8-6-12(7-9-13)15-10-27-18-17(15)19(26)24(14-4-2-1-3-5-14)20(23-18)28-11-16(22)25/h1-10H,11H2,(H2,22,25). The Bertz CT molecular complexity index is 1220. The van der Waals surface area contributed by atoms with Crippen LogP contribution < -0.4 is 11.3 Å². The van der Waals surface area contributed by atoms with Gasteiger partial charge in [-0.05, 0) is 29.8 Å². The molecule has 0 fully saturated rings. The molecule has 5 nitrogen and oxygen atoms in total. The number of aromatic nitrogens is 2. The number of fused-ring (bicyclic) bond motifs is 1. The van der Waals surface area contributed by atoms with E-state index < -0.39 is 5.91 Å². The molecule has 2 heterocycles. The second kappa shape index (κ2) is 7.57. The number of hydrogen-bond donors (Lipinski definition) is 1. The molecule has 0 aliphatic heterocycles. The molecule has 0 radical (unpaired) electrons. The fraction of sp³-hybridized carbons (Fsp3) is 0.0500. The average molecular weight is 411 g/mol. The van der Waals surface area contributed by atoms with Crippen molar-refractivity contribution in [3.8, 4) is 16.8 Å². The van der Waals surface area contributed by atoms with E-state index in [1.54, 1.807) is 24.3 Å². The first-order valence-corrected chi connectivity index (χ1v) is 10.2. The first-order valence-electron chi connectivity index (χ1n) is 8.31. The van der Waals surface area contributed by atoms with Crippen molar-refractivity contribution >= 4 is 39.2 Å². The van der Waals surface area contributed by atoms with Crippen LogP contribution in [0.4, 0.5) is 4.39 Å². The smallest absolute Gasteiger partial charge is 0.268 e. The molecule has 0 aliphatic carbocycles. The second-order valence-electron chi connectivity index (χ2n) is 5.96. The molecule has 2 aromatic carbocycles. The third kappa shape index (κ3) is 3.44. The maximum absolute atomic E-state index is 13.4. The van der Waals surface area contributed by atoms with Gasteiger partial charge < -0.3 is 5.73 Å². The summed E-state index contributed by atoms with van der Waals surface area (Å²) in [6.07, 6.45) is 0. The van der Waals surface area contributed by atoms with Crippen LogP contribution in [0.1, 0.15) is 0 Å². The molecule has 0 unspecified atom stereocenters. The van der Waals surface area contributed by atoms with Crippen LogP contribution >= 0.6 is 23.1 Å². The normalized spacial score (nSPS) is 11.0. The second-order valence-corrected chi connectivity index (χ2v) is 7.76. The van der Waals surface area contributed by atoms with E-state index in [2.05, 4.69) is 4.98 Å². The van der Waals surface area contributed by atoms with Gasteiger partial charge in [0.2, 0.25) is 5.91 Å². The van der Waals surface area contributed by atoms with Gasteiger partial charge in [-0.15, -0.1) is 11.3 Å². The maximum atomic E-state index is 13.4. The van der Waals surface area contributed by atoms with Crippen LogP contribution in [-0.4, -0.2) is 21.2 Å². The Morgan fingerprint density at radius 1 is 1.14 bits per heavy atom. The van der Waals surface area contributed by atoms with E-state index in [0.29, 0.717) is 26.6 Å². The Balaban J connectivity index is 1.97. The summed E-state index contributed by atoms with van der Waals surface area (Å²) in [5.74, 6) is -0.813. The molecule has 28 heavy (non-hydrogen) atoms. The molecule has 0 saturated heterocycles. The van der Waals surface area contributed by atoms with Crippen molar-refractivity contribution in [1.29, 1.82) is 0 Å². The van der Waals surface area contributed by atoms with E-state index in [0.717, 1.165) is 17.3 Å². The van der Waals surface area contributed by atoms with Crippen molar-refractivity contribution in [3.05, 3.63) is 76.1 Å². The zero-order valence-electron chi connectivity index (χ0n) is 14.5. The number of rotatable bonds is 5. The van der Waals surface area contributed by atoms with Gasteiger partial charge in [0.05, 0.1) is 16.8 Å². The van der Waals surface area contributed by atoms with Crippen LogP contribution in [0, 0.1) is 5.82 Å². The van der Waals surface area contributed by atoms with Gasteiger partial charge in [0.1, 0.15) is 10.6 Å². The molecule has 1 amide bonds. The summed E-state index contributed by atoms with van der Waals surface area (Å²) >= 11 is 2.45. The molecule has 4 aromatic rings. The predicted molar refractivity (Wildman–Crippen MR) is 111 cm³/mol. The Hall–Kier alpha value is -2.97. The van der Waals surface area contributed by atoms with E-state index in [-0.39, 0.29) is 17.1 Å². The molecule has 2 aromatic heterocycles. The zero-order chi connectivity index (χ0) is 19.7. The molecule has 2 N–H and O–H groups in total. The van der Waals surface area contributed by atoms with E-state index >= 15 is 0 Å². The first kappa shape index (κ1) is 18.4. The summed E-state index contributed by atoms with van der Waals surface area (Å²) in [5, 5.41) is 2.70. The summed E-state index contributed by atoms with van der Waals surface area (Å²) in [6, 6.07) is 15.1. The summed E-state index contributed by atoms with van der Waals surface area (Å²) in [7, 11) is 0. The zero-order valence-corrected chi connectivity index (χ0v) is 16.1. The number of nitrogens with two attached hydrogens (primary N) is 1. The van der Waals surface area contributed by atoms with Crippen molar-refractivity contribution in [2.45, 2.75) is 5.16 Å². The van der Waals surface area contributed by atoms with Gasteiger partial charge in [-0.1, -0.05) is 42.1 Å². The number of hydrogen-bond acceptors (Lipinski definition) is 5. The molecule has 0 atom stereocenters. The molecule has 0 bridgehead atoms. The van der Waals surface area contributed by atoms with Crippen LogP contribution in [0.5, 0.6) is 0 Å². The molecule has 0 saturated carbocycles. The van der Waals surface area contributed by atoms with Gasteiger partial charge in [-0.3, -0.25) is 14.2 Å². The lowest BCUT2D eigenvalue weighted by molar-refractivity contribution is -0.115. The van der Waals surface area contributed by atoms with Gasteiger partial charge in [-0.2, -0.15) is 0 Å².